The maximum absolute atomic E-state index is 8.60. The van der Waals surface area contributed by atoms with Crippen molar-refractivity contribution in [1.82, 2.24) is 9.97 Å². The number of aromatic nitrogens is 2. The fourth-order valence-electron chi connectivity index (χ4n) is 1.23. The highest BCUT2D eigenvalue weighted by molar-refractivity contribution is 7.99. The minimum absolute atomic E-state index is 0.341. The predicted octanol–water partition coefficient (Wildman–Crippen LogP) is 2.81. The van der Waals surface area contributed by atoms with Gasteiger partial charge in [-0.05, 0) is 19.1 Å². The van der Waals surface area contributed by atoms with Crippen LogP contribution in [0.15, 0.2) is 46.6 Å². The van der Waals surface area contributed by atoms with E-state index in [4.69, 9.17) is 5.26 Å². The van der Waals surface area contributed by atoms with Crippen molar-refractivity contribution in [3.63, 3.8) is 0 Å². The molecule has 1 heterocycles. The summed E-state index contributed by atoms with van der Waals surface area (Å²) in [6, 6.07) is 10.1. The van der Waals surface area contributed by atoms with Crippen LogP contribution >= 0.6 is 11.8 Å². The largest absolute Gasteiger partial charge is 0.245 e. The summed E-state index contributed by atoms with van der Waals surface area (Å²) in [4.78, 5) is 9.25. The van der Waals surface area contributed by atoms with Crippen molar-refractivity contribution in [3.8, 4) is 6.07 Å². The van der Waals surface area contributed by atoms with E-state index in [-0.39, 0.29) is 0 Å². The lowest BCUT2D eigenvalue weighted by Crippen LogP contribution is -1.86. The predicted molar refractivity (Wildman–Crippen MR) is 62.0 cm³/mol. The first kappa shape index (κ1) is 10.7. The molecule has 0 saturated carbocycles. The van der Waals surface area contributed by atoms with Crippen molar-refractivity contribution < 1.29 is 0 Å². The van der Waals surface area contributed by atoms with E-state index in [0.717, 1.165) is 9.92 Å². The average Bonchev–Trinajstić information content (AvgIpc) is 2.30. The highest BCUT2D eigenvalue weighted by Gasteiger charge is 2.00. The van der Waals surface area contributed by atoms with Gasteiger partial charge in [0.15, 0.2) is 5.69 Å². The second-order valence-corrected chi connectivity index (χ2v) is 4.36. The summed E-state index contributed by atoms with van der Waals surface area (Å²) in [7, 11) is 0. The van der Waals surface area contributed by atoms with Gasteiger partial charge in [0, 0.05) is 4.90 Å². The van der Waals surface area contributed by atoms with Gasteiger partial charge in [0.2, 0.25) is 0 Å². The number of hydrogen-bond acceptors (Lipinski definition) is 4. The molecule has 16 heavy (non-hydrogen) atoms. The van der Waals surface area contributed by atoms with Crippen LogP contribution < -0.4 is 0 Å². The number of hydrogen-bond donors (Lipinski definition) is 0. The second kappa shape index (κ2) is 4.77. The molecule has 2 aromatic rings. The van der Waals surface area contributed by atoms with E-state index in [1.54, 1.807) is 6.20 Å². The molecule has 0 amide bonds. The first-order valence-electron chi connectivity index (χ1n) is 4.74. The molecule has 0 unspecified atom stereocenters. The molecule has 0 atom stereocenters. The maximum Gasteiger partial charge on any atom is 0.158 e. The molecule has 0 spiro atoms. The van der Waals surface area contributed by atoms with Gasteiger partial charge in [-0.15, -0.1) is 0 Å². The van der Waals surface area contributed by atoms with Gasteiger partial charge in [0.25, 0.3) is 0 Å². The van der Waals surface area contributed by atoms with Crippen molar-refractivity contribution in [2.24, 2.45) is 0 Å². The Balaban J connectivity index is 2.18. The topological polar surface area (TPSA) is 49.6 Å². The normalized spacial score (nSPS) is 9.75. The van der Waals surface area contributed by atoms with Crippen molar-refractivity contribution in [3.05, 3.63) is 47.9 Å². The first-order valence-corrected chi connectivity index (χ1v) is 5.56. The molecule has 0 bridgehead atoms. The van der Waals surface area contributed by atoms with E-state index < -0.39 is 0 Å². The number of aryl methyl sites for hydroxylation is 1. The Labute approximate surface area is 98.2 Å². The van der Waals surface area contributed by atoms with Crippen LogP contribution in [0.1, 0.15) is 11.3 Å². The summed E-state index contributed by atoms with van der Waals surface area (Å²) in [5.74, 6) is 0. The summed E-state index contributed by atoms with van der Waals surface area (Å²) >= 11 is 1.54. The van der Waals surface area contributed by atoms with E-state index in [1.807, 2.05) is 18.2 Å². The fourth-order valence-corrected chi connectivity index (χ4v) is 2.07. The number of nitrogens with zero attached hydrogens (tertiary/aromatic N) is 3. The van der Waals surface area contributed by atoms with Gasteiger partial charge in [-0.2, -0.15) is 5.26 Å². The molecule has 0 fully saturated rings. The highest BCUT2D eigenvalue weighted by atomic mass is 32.2. The van der Waals surface area contributed by atoms with Crippen LogP contribution in [-0.2, 0) is 0 Å². The molecule has 78 valence electrons. The highest BCUT2D eigenvalue weighted by Crippen LogP contribution is 2.25. The Hall–Kier alpha value is -1.86. The molecule has 0 aliphatic rings. The van der Waals surface area contributed by atoms with Gasteiger partial charge in [-0.1, -0.05) is 29.5 Å². The summed E-state index contributed by atoms with van der Waals surface area (Å²) in [5.41, 5.74) is 1.56. The Bertz CT molecular complexity index is 529. The third kappa shape index (κ3) is 2.59. The maximum atomic E-state index is 8.60. The van der Waals surface area contributed by atoms with E-state index in [0.29, 0.717) is 5.69 Å². The second-order valence-electron chi connectivity index (χ2n) is 3.27. The van der Waals surface area contributed by atoms with Crippen LogP contribution in [0.2, 0.25) is 0 Å². The number of rotatable bonds is 2. The van der Waals surface area contributed by atoms with Gasteiger partial charge < -0.3 is 0 Å². The zero-order valence-corrected chi connectivity index (χ0v) is 9.53. The summed E-state index contributed by atoms with van der Waals surface area (Å²) in [6.45, 7) is 2.05. The van der Waals surface area contributed by atoms with Crippen molar-refractivity contribution >= 4 is 11.8 Å². The van der Waals surface area contributed by atoms with Crippen LogP contribution in [0, 0.1) is 18.3 Å². The quantitative estimate of drug-likeness (QED) is 0.791. The molecule has 0 radical (unpaired) electrons. The Morgan fingerprint density at radius 1 is 1.25 bits per heavy atom. The monoisotopic (exact) mass is 227 g/mol. The molecule has 2 rings (SSSR count). The molecule has 1 aromatic heterocycles. The van der Waals surface area contributed by atoms with Crippen molar-refractivity contribution in [2.75, 3.05) is 0 Å². The number of nitriles is 1. The van der Waals surface area contributed by atoms with E-state index in [9.17, 15) is 0 Å². The molecule has 3 nitrogen and oxygen atoms in total. The fraction of sp³-hybridized carbons (Fsp3) is 0.0833. The summed E-state index contributed by atoms with van der Waals surface area (Å²) in [5, 5.41) is 9.39. The Morgan fingerprint density at radius 3 is 2.75 bits per heavy atom. The Morgan fingerprint density at radius 2 is 2.12 bits per heavy atom. The van der Waals surface area contributed by atoms with Crippen LogP contribution in [0.4, 0.5) is 0 Å². The van der Waals surface area contributed by atoms with Gasteiger partial charge in [-0.25, -0.2) is 9.97 Å². The molecule has 4 heteroatoms. The average molecular weight is 227 g/mol. The lowest BCUT2D eigenvalue weighted by Gasteiger charge is -2.01. The lowest BCUT2D eigenvalue weighted by molar-refractivity contribution is 1.04. The molecule has 0 saturated heterocycles. The molecular formula is C12H9N3S. The first-order chi connectivity index (χ1) is 7.78. The van der Waals surface area contributed by atoms with Crippen LogP contribution in [0.25, 0.3) is 0 Å². The molecule has 1 aromatic carbocycles. The van der Waals surface area contributed by atoms with Crippen molar-refractivity contribution in [2.45, 2.75) is 16.8 Å². The molecule has 0 aliphatic carbocycles. The van der Waals surface area contributed by atoms with Gasteiger partial charge in [-0.3, -0.25) is 0 Å². The standard InChI is InChI=1S/C12H9N3S/c1-9-3-2-4-11(5-9)16-12-8-14-10(6-13)7-15-12/h2-5,7-8H,1H3. The minimum Gasteiger partial charge on any atom is -0.245 e. The van der Waals surface area contributed by atoms with E-state index in [1.165, 1.54) is 23.5 Å². The van der Waals surface area contributed by atoms with Crippen LogP contribution in [-0.4, -0.2) is 9.97 Å². The molecule has 0 aliphatic heterocycles. The smallest absolute Gasteiger partial charge is 0.158 e. The van der Waals surface area contributed by atoms with Crippen molar-refractivity contribution in [1.29, 1.82) is 5.26 Å². The van der Waals surface area contributed by atoms with Crippen LogP contribution in [0.5, 0.6) is 0 Å². The third-order valence-electron chi connectivity index (χ3n) is 1.95. The van der Waals surface area contributed by atoms with Gasteiger partial charge >= 0.3 is 0 Å². The van der Waals surface area contributed by atoms with Gasteiger partial charge in [0.05, 0.1) is 12.4 Å². The molecule has 0 N–H and O–H groups in total. The zero-order chi connectivity index (χ0) is 11.4. The third-order valence-corrected chi connectivity index (χ3v) is 2.86. The zero-order valence-electron chi connectivity index (χ0n) is 8.71. The lowest BCUT2D eigenvalue weighted by atomic mass is 10.2. The van der Waals surface area contributed by atoms with E-state index in [2.05, 4.69) is 29.0 Å². The Kier molecular flexibility index (Phi) is 3.18. The van der Waals surface area contributed by atoms with Crippen LogP contribution in [0.3, 0.4) is 0 Å². The molecular weight excluding hydrogens is 218 g/mol. The SMILES string of the molecule is Cc1cccc(Sc2cnc(C#N)cn2)c1. The number of benzene rings is 1. The minimum atomic E-state index is 0.341. The summed E-state index contributed by atoms with van der Waals surface area (Å²) < 4.78 is 0. The summed E-state index contributed by atoms with van der Waals surface area (Å²) in [6.07, 6.45) is 3.10. The van der Waals surface area contributed by atoms with E-state index >= 15 is 0 Å². The van der Waals surface area contributed by atoms with Gasteiger partial charge in [0.1, 0.15) is 11.1 Å².